The molecule has 0 unspecified atom stereocenters. The summed E-state index contributed by atoms with van der Waals surface area (Å²) in [6.45, 7) is 5.16. The van der Waals surface area contributed by atoms with Crippen LogP contribution in [-0.4, -0.2) is 25.7 Å². The lowest BCUT2D eigenvalue weighted by atomic mass is 10.1. The van der Waals surface area contributed by atoms with E-state index >= 15 is 0 Å². The molecule has 0 atom stereocenters. The van der Waals surface area contributed by atoms with Crippen molar-refractivity contribution in [3.8, 4) is 11.5 Å². The van der Waals surface area contributed by atoms with E-state index in [0.717, 1.165) is 11.3 Å². The molecule has 0 saturated heterocycles. The van der Waals surface area contributed by atoms with Crippen LogP contribution in [-0.2, 0) is 4.79 Å². The van der Waals surface area contributed by atoms with Gasteiger partial charge in [0, 0.05) is 17.8 Å². The minimum Gasteiger partial charge on any atom is -0.486 e. The lowest BCUT2D eigenvalue weighted by Gasteiger charge is -2.20. The summed E-state index contributed by atoms with van der Waals surface area (Å²) in [5, 5.41) is 6.34. The zero-order valence-corrected chi connectivity index (χ0v) is 14.4. The van der Waals surface area contributed by atoms with Gasteiger partial charge in [-0.3, -0.25) is 4.79 Å². The van der Waals surface area contributed by atoms with Gasteiger partial charge in [-0.2, -0.15) is 0 Å². The van der Waals surface area contributed by atoms with Crippen LogP contribution in [0, 0.1) is 13.8 Å². The zero-order valence-electron chi connectivity index (χ0n) is 13.6. The summed E-state index contributed by atoms with van der Waals surface area (Å²) in [7, 11) is 0. The van der Waals surface area contributed by atoms with Gasteiger partial charge in [0.15, 0.2) is 11.5 Å². The fourth-order valence-electron chi connectivity index (χ4n) is 2.54. The topological polar surface area (TPSA) is 59.6 Å². The van der Waals surface area contributed by atoms with Gasteiger partial charge in [-0.05, 0) is 25.5 Å². The van der Waals surface area contributed by atoms with Crippen LogP contribution >= 0.6 is 11.6 Å². The van der Waals surface area contributed by atoms with Gasteiger partial charge in [0.1, 0.15) is 13.2 Å². The fraction of sp³-hybridized carbons (Fsp3) is 0.278. The lowest BCUT2D eigenvalue weighted by molar-refractivity contribution is -0.114. The van der Waals surface area contributed by atoms with Crippen molar-refractivity contribution in [3.63, 3.8) is 0 Å². The maximum Gasteiger partial charge on any atom is 0.243 e. The third-order valence-electron chi connectivity index (χ3n) is 3.73. The summed E-state index contributed by atoms with van der Waals surface area (Å²) < 4.78 is 11.0. The summed E-state index contributed by atoms with van der Waals surface area (Å²) in [6, 6.07) is 9.38. The van der Waals surface area contributed by atoms with Gasteiger partial charge in [-0.25, -0.2) is 0 Å². The highest BCUT2D eigenvalue weighted by atomic mass is 35.5. The molecule has 0 bridgehead atoms. The number of carbonyl (C=O) groups is 1. The van der Waals surface area contributed by atoms with Gasteiger partial charge in [0.2, 0.25) is 5.91 Å². The Morgan fingerprint density at radius 3 is 2.50 bits per heavy atom. The van der Waals surface area contributed by atoms with Gasteiger partial charge >= 0.3 is 0 Å². The molecule has 1 aliphatic rings. The molecule has 1 aliphatic heterocycles. The second-order valence-electron chi connectivity index (χ2n) is 5.70. The van der Waals surface area contributed by atoms with Crippen LogP contribution in [0.25, 0.3) is 0 Å². The number of nitrogens with one attached hydrogen (secondary N) is 2. The predicted octanol–water partition coefficient (Wildman–Crippen LogP) is 3.78. The number of ether oxygens (including phenoxy) is 2. The summed E-state index contributed by atoms with van der Waals surface area (Å²) in [5.74, 6) is 0.995. The van der Waals surface area contributed by atoms with Gasteiger partial charge in [-0.1, -0.05) is 29.3 Å². The zero-order chi connectivity index (χ0) is 17.1. The van der Waals surface area contributed by atoms with Crippen molar-refractivity contribution >= 4 is 28.9 Å². The quantitative estimate of drug-likeness (QED) is 0.884. The molecule has 2 N–H and O–H groups in total. The Morgan fingerprint density at radius 1 is 1.08 bits per heavy atom. The number of anilines is 2. The van der Waals surface area contributed by atoms with E-state index in [1.165, 1.54) is 5.56 Å². The third-order valence-corrected chi connectivity index (χ3v) is 4.04. The molecular weight excluding hydrogens is 328 g/mol. The predicted molar refractivity (Wildman–Crippen MR) is 95.5 cm³/mol. The van der Waals surface area contributed by atoms with Crippen molar-refractivity contribution in [2.24, 2.45) is 0 Å². The van der Waals surface area contributed by atoms with Crippen LogP contribution in [0.5, 0.6) is 11.5 Å². The second-order valence-corrected chi connectivity index (χ2v) is 6.10. The van der Waals surface area contributed by atoms with E-state index in [2.05, 4.69) is 16.7 Å². The Balaban J connectivity index is 1.64. The number of benzene rings is 2. The van der Waals surface area contributed by atoms with Crippen molar-refractivity contribution in [2.75, 3.05) is 30.4 Å². The number of aryl methyl sites for hydroxylation is 2. The van der Waals surface area contributed by atoms with E-state index < -0.39 is 0 Å². The maximum atomic E-state index is 12.2. The molecule has 3 rings (SSSR count). The first-order valence-electron chi connectivity index (χ1n) is 7.73. The third kappa shape index (κ3) is 3.74. The number of halogens is 1. The molecule has 0 aromatic heterocycles. The molecule has 6 heteroatoms. The Kier molecular flexibility index (Phi) is 4.81. The first-order chi connectivity index (χ1) is 11.5. The molecule has 126 valence electrons. The molecule has 1 heterocycles. The lowest BCUT2D eigenvalue weighted by Crippen LogP contribution is -2.22. The SMILES string of the molecule is Cc1ccc(NCC(=O)Nc2cc3c(cc2Cl)OCCO3)c(C)c1. The molecule has 0 radical (unpaired) electrons. The largest absolute Gasteiger partial charge is 0.486 e. The van der Waals surface area contributed by atoms with Crippen molar-refractivity contribution in [3.05, 3.63) is 46.5 Å². The average Bonchev–Trinajstić information content (AvgIpc) is 2.55. The summed E-state index contributed by atoms with van der Waals surface area (Å²) >= 11 is 6.19. The first-order valence-corrected chi connectivity index (χ1v) is 8.11. The molecule has 24 heavy (non-hydrogen) atoms. The molecule has 0 spiro atoms. The summed E-state index contributed by atoms with van der Waals surface area (Å²) in [5.41, 5.74) is 3.73. The van der Waals surface area contributed by atoms with Crippen LogP contribution in [0.4, 0.5) is 11.4 Å². The van der Waals surface area contributed by atoms with Gasteiger partial charge < -0.3 is 20.1 Å². The minimum absolute atomic E-state index is 0.147. The summed E-state index contributed by atoms with van der Waals surface area (Å²) in [6.07, 6.45) is 0. The molecular formula is C18H19ClN2O3. The fourth-order valence-corrected chi connectivity index (χ4v) is 2.74. The second kappa shape index (κ2) is 7.01. The monoisotopic (exact) mass is 346 g/mol. The smallest absolute Gasteiger partial charge is 0.243 e. The van der Waals surface area contributed by atoms with Crippen LogP contribution in [0.15, 0.2) is 30.3 Å². The van der Waals surface area contributed by atoms with Crippen LogP contribution in [0.2, 0.25) is 5.02 Å². The van der Waals surface area contributed by atoms with E-state index in [9.17, 15) is 4.79 Å². The van der Waals surface area contributed by atoms with E-state index in [4.69, 9.17) is 21.1 Å². The Labute approximate surface area is 145 Å². The van der Waals surface area contributed by atoms with Crippen LogP contribution in [0.1, 0.15) is 11.1 Å². The molecule has 1 amide bonds. The first kappa shape index (κ1) is 16.5. The highest BCUT2D eigenvalue weighted by Gasteiger charge is 2.16. The van der Waals surface area contributed by atoms with Crippen molar-refractivity contribution in [1.29, 1.82) is 0 Å². The highest BCUT2D eigenvalue weighted by Crippen LogP contribution is 2.37. The van der Waals surface area contributed by atoms with Crippen molar-refractivity contribution in [2.45, 2.75) is 13.8 Å². The van der Waals surface area contributed by atoms with Gasteiger partial charge in [0.25, 0.3) is 0 Å². The Hall–Kier alpha value is -2.40. The molecule has 5 nitrogen and oxygen atoms in total. The maximum absolute atomic E-state index is 12.2. The van der Waals surface area contributed by atoms with Crippen LogP contribution < -0.4 is 20.1 Å². The van der Waals surface area contributed by atoms with Gasteiger partial charge in [-0.15, -0.1) is 0 Å². The molecule has 2 aromatic rings. The standard InChI is InChI=1S/C18H19ClN2O3/c1-11-3-4-14(12(2)7-11)20-10-18(22)21-15-9-17-16(8-13(15)19)23-5-6-24-17/h3-4,7-9,20H,5-6,10H2,1-2H3,(H,21,22). The number of amides is 1. The highest BCUT2D eigenvalue weighted by molar-refractivity contribution is 6.34. The van der Waals surface area contributed by atoms with Crippen molar-refractivity contribution in [1.82, 2.24) is 0 Å². The molecule has 0 fully saturated rings. The summed E-state index contributed by atoms with van der Waals surface area (Å²) in [4.78, 5) is 12.2. The average molecular weight is 347 g/mol. The minimum atomic E-state index is -0.187. The normalized spacial score (nSPS) is 12.6. The van der Waals surface area contributed by atoms with Crippen LogP contribution in [0.3, 0.4) is 0 Å². The number of hydrogen-bond donors (Lipinski definition) is 2. The van der Waals surface area contributed by atoms with Crippen molar-refractivity contribution < 1.29 is 14.3 Å². The number of carbonyl (C=O) groups excluding carboxylic acids is 1. The number of hydrogen-bond acceptors (Lipinski definition) is 4. The van der Waals surface area contributed by atoms with E-state index in [-0.39, 0.29) is 12.5 Å². The Bertz CT molecular complexity index is 777. The molecule has 0 saturated carbocycles. The van der Waals surface area contributed by atoms with Gasteiger partial charge in [0.05, 0.1) is 17.3 Å². The Morgan fingerprint density at radius 2 is 1.79 bits per heavy atom. The van der Waals surface area contributed by atoms with E-state index in [1.54, 1.807) is 12.1 Å². The van der Waals surface area contributed by atoms with E-state index in [0.29, 0.717) is 35.4 Å². The molecule has 2 aromatic carbocycles. The number of fused-ring (bicyclic) bond motifs is 1. The van der Waals surface area contributed by atoms with E-state index in [1.807, 2.05) is 26.0 Å². The number of rotatable bonds is 4. The molecule has 0 aliphatic carbocycles.